The maximum atomic E-state index is 5.77. The average Bonchev–Trinajstić information content (AvgIpc) is 2.30. The number of nitrogen functional groups attached to an aromatic ring is 1. The van der Waals surface area contributed by atoms with Crippen LogP contribution in [0, 0.1) is 0 Å². The SMILES string of the molecule is Nc1ccc(NS)c(-c2ccccc2)c1. The van der Waals surface area contributed by atoms with Gasteiger partial charge in [-0.1, -0.05) is 43.1 Å². The van der Waals surface area contributed by atoms with Gasteiger partial charge in [0.15, 0.2) is 0 Å². The molecule has 0 spiro atoms. The quantitative estimate of drug-likeness (QED) is 0.533. The zero-order valence-electron chi connectivity index (χ0n) is 8.14. The zero-order chi connectivity index (χ0) is 10.7. The van der Waals surface area contributed by atoms with Gasteiger partial charge in [0, 0.05) is 11.3 Å². The van der Waals surface area contributed by atoms with Crippen LogP contribution in [0.4, 0.5) is 11.4 Å². The predicted molar refractivity (Wildman–Crippen MR) is 68.9 cm³/mol. The van der Waals surface area contributed by atoms with E-state index in [4.69, 9.17) is 5.73 Å². The molecular weight excluding hydrogens is 204 g/mol. The molecule has 15 heavy (non-hydrogen) atoms. The van der Waals surface area contributed by atoms with Crippen molar-refractivity contribution in [2.45, 2.75) is 0 Å². The minimum atomic E-state index is 0.751. The molecule has 0 aromatic heterocycles. The Balaban J connectivity index is 2.56. The van der Waals surface area contributed by atoms with Gasteiger partial charge in [0.25, 0.3) is 0 Å². The van der Waals surface area contributed by atoms with Crippen LogP contribution in [0.3, 0.4) is 0 Å². The van der Waals surface area contributed by atoms with Crippen LogP contribution < -0.4 is 10.5 Å². The molecule has 0 heterocycles. The minimum absolute atomic E-state index is 0.751. The predicted octanol–water partition coefficient (Wildman–Crippen LogP) is 3.19. The molecule has 0 saturated carbocycles. The maximum Gasteiger partial charge on any atom is 0.0518 e. The van der Waals surface area contributed by atoms with Gasteiger partial charge in [-0.3, -0.25) is 0 Å². The van der Waals surface area contributed by atoms with E-state index in [2.05, 4.69) is 17.5 Å². The van der Waals surface area contributed by atoms with Crippen molar-refractivity contribution in [3.63, 3.8) is 0 Å². The molecule has 3 heteroatoms. The van der Waals surface area contributed by atoms with Crippen molar-refractivity contribution in [3.05, 3.63) is 48.5 Å². The van der Waals surface area contributed by atoms with E-state index in [1.54, 1.807) is 0 Å². The van der Waals surface area contributed by atoms with E-state index in [-0.39, 0.29) is 0 Å². The highest BCUT2D eigenvalue weighted by Gasteiger charge is 2.03. The Morgan fingerprint density at radius 2 is 1.73 bits per heavy atom. The Morgan fingerprint density at radius 1 is 1.00 bits per heavy atom. The zero-order valence-corrected chi connectivity index (χ0v) is 9.04. The molecule has 0 unspecified atom stereocenters. The number of nitrogens with one attached hydrogen (secondary N) is 1. The number of nitrogens with two attached hydrogens (primary N) is 1. The fourth-order valence-corrected chi connectivity index (χ4v) is 1.71. The van der Waals surface area contributed by atoms with E-state index in [9.17, 15) is 0 Å². The van der Waals surface area contributed by atoms with Gasteiger partial charge in [-0.2, -0.15) is 0 Å². The number of thiol groups is 1. The van der Waals surface area contributed by atoms with Crippen LogP contribution >= 0.6 is 12.8 Å². The Kier molecular flexibility index (Phi) is 2.83. The maximum absolute atomic E-state index is 5.77. The highest BCUT2D eigenvalue weighted by molar-refractivity contribution is 7.81. The lowest BCUT2D eigenvalue weighted by atomic mass is 10.0. The largest absolute Gasteiger partial charge is 0.399 e. The summed E-state index contributed by atoms with van der Waals surface area (Å²) in [6.07, 6.45) is 0. The molecule has 0 aliphatic rings. The molecule has 2 aromatic rings. The summed E-state index contributed by atoms with van der Waals surface area (Å²) in [6, 6.07) is 15.8. The molecule has 2 aromatic carbocycles. The fraction of sp³-hybridized carbons (Fsp3) is 0. The Hall–Kier alpha value is -1.61. The lowest BCUT2D eigenvalue weighted by molar-refractivity contribution is 1.60. The van der Waals surface area contributed by atoms with Crippen molar-refractivity contribution < 1.29 is 0 Å². The summed E-state index contributed by atoms with van der Waals surface area (Å²) in [5.41, 5.74) is 9.66. The highest BCUT2D eigenvalue weighted by Crippen LogP contribution is 2.30. The Labute approximate surface area is 94.7 Å². The van der Waals surface area contributed by atoms with Gasteiger partial charge in [0.05, 0.1) is 5.69 Å². The monoisotopic (exact) mass is 216 g/mol. The summed E-state index contributed by atoms with van der Waals surface area (Å²) in [6.45, 7) is 0. The van der Waals surface area contributed by atoms with Crippen molar-refractivity contribution in [2.24, 2.45) is 0 Å². The van der Waals surface area contributed by atoms with Gasteiger partial charge in [0.1, 0.15) is 0 Å². The van der Waals surface area contributed by atoms with Gasteiger partial charge in [-0.15, -0.1) is 0 Å². The molecule has 0 radical (unpaired) electrons. The summed E-state index contributed by atoms with van der Waals surface area (Å²) < 4.78 is 2.86. The standard InChI is InChI=1S/C12H12N2S/c13-10-6-7-12(14-15)11(8-10)9-4-2-1-3-5-9/h1-8,14-15H,13H2. The van der Waals surface area contributed by atoms with E-state index in [1.807, 2.05) is 48.5 Å². The van der Waals surface area contributed by atoms with Crippen molar-refractivity contribution in [1.82, 2.24) is 0 Å². The smallest absolute Gasteiger partial charge is 0.0518 e. The van der Waals surface area contributed by atoms with Crippen LogP contribution in [-0.2, 0) is 0 Å². The second-order valence-corrected chi connectivity index (χ2v) is 3.51. The fourth-order valence-electron chi connectivity index (χ4n) is 1.52. The minimum Gasteiger partial charge on any atom is -0.399 e. The molecule has 0 amide bonds. The Bertz CT molecular complexity index is 454. The Morgan fingerprint density at radius 3 is 2.40 bits per heavy atom. The summed E-state index contributed by atoms with van der Waals surface area (Å²) in [4.78, 5) is 0. The van der Waals surface area contributed by atoms with Crippen LogP contribution in [0.2, 0.25) is 0 Å². The summed E-state index contributed by atoms with van der Waals surface area (Å²) in [5.74, 6) is 0. The van der Waals surface area contributed by atoms with Gasteiger partial charge in [-0.25, -0.2) is 0 Å². The second kappa shape index (κ2) is 4.28. The molecule has 0 fully saturated rings. The first kappa shape index (κ1) is 9.93. The van der Waals surface area contributed by atoms with Crippen molar-refractivity contribution in [2.75, 3.05) is 10.5 Å². The summed E-state index contributed by atoms with van der Waals surface area (Å²) in [5, 5.41) is 0. The molecule has 3 N–H and O–H groups in total. The van der Waals surface area contributed by atoms with Gasteiger partial charge in [-0.05, 0) is 23.8 Å². The van der Waals surface area contributed by atoms with E-state index < -0.39 is 0 Å². The normalized spacial score (nSPS) is 9.93. The van der Waals surface area contributed by atoms with Crippen molar-refractivity contribution >= 4 is 24.2 Å². The second-order valence-electron chi connectivity index (χ2n) is 3.28. The molecule has 2 nitrogen and oxygen atoms in total. The number of hydrogen-bond acceptors (Lipinski definition) is 3. The molecule has 0 bridgehead atoms. The molecule has 2 rings (SSSR count). The lowest BCUT2D eigenvalue weighted by Gasteiger charge is -2.09. The third-order valence-corrected chi connectivity index (χ3v) is 2.49. The van der Waals surface area contributed by atoms with Crippen LogP contribution in [0.25, 0.3) is 11.1 Å². The molecule has 0 aliphatic heterocycles. The molecule has 76 valence electrons. The number of rotatable bonds is 2. The number of benzene rings is 2. The van der Waals surface area contributed by atoms with Gasteiger partial charge < -0.3 is 10.5 Å². The third-order valence-electron chi connectivity index (χ3n) is 2.25. The highest BCUT2D eigenvalue weighted by atomic mass is 32.1. The van der Waals surface area contributed by atoms with Crippen LogP contribution in [0.5, 0.6) is 0 Å². The van der Waals surface area contributed by atoms with E-state index >= 15 is 0 Å². The first-order valence-electron chi connectivity index (χ1n) is 4.66. The molecule has 0 saturated heterocycles. The van der Waals surface area contributed by atoms with Crippen molar-refractivity contribution in [3.8, 4) is 11.1 Å². The van der Waals surface area contributed by atoms with Crippen LogP contribution in [0.1, 0.15) is 0 Å². The van der Waals surface area contributed by atoms with E-state index in [1.165, 1.54) is 0 Å². The first-order chi connectivity index (χ1) is 7.31. The molecule has 0 aliphatic carbocycles. The van der Waals surface area contributed by atoms with Gasteiger partial charge in [0.2, 0.25) is 0 Å². The average molecular weight is 216 g/mol. The van der Waals surface area contributed by atoms with Gasteiger partial charge >= 0.3 is 0 Å². The van der Waals surface area contributed by atoms with Crippen LogP contribution in [-0.4, -0.2) is 0 Å². The first-order valence-corrected chi connectivity index (χ1v) is 5.11. The molecular formula is C12H12N2S. The number of anilines is 2. The van der Waals surface area contributed by atoms with Crippen molar-refractivity contribution in [1.29, 1.82) is 0 Å². The number of hydrogen-bond donors (Lipinski definition) is 3. The van der Waals surface area contributed by atoms with E-state index in [0.29, 0.717) is 0 Å². The molecule has 0 atom stereocenters. The summed E-state index contributed by atoms with van der Waals surface area (Å²) in [7, 11) is 0. The lowest BCUT2D eigenvalue weighted by Crippen LogP contribution is -1.90. The third kappa shape index (κ3) is 2.07. The van der Waals surface area contributed by atoms with Crippen LogP contribution in [0.15, 0.2) is 48.5 Å². The topological polar surface area (TPSA) is 38.0 Å². The summed E-state index contributed by atoms with van der Waals surface area (Å²) >= 11 is 4.07. The van der Waals surface area contributed by atoms with E-state index in [0.717, 1.165) is 22.5 Å².